The van der Waals surface area contributed by atoms with Crippen molar-refractivity contribution in [2.24, 2.45) is 11.7 Å². The van der Waals surface area contributed by atoms with Crippen LogP contribution in [0.5, 0.6) is 0 Å². The topological polar surface area (TPSA) is 29.3 Å². The van der Waals surface area contributed by atoms with Crippen molar-refractivity contribution < 1.29 is 13.2 Å². The van der Waals surface area contributed by atoms with Crippen LogP contribution in [0.1, 0.15) is 32.6 Å². The Morgan fingerprint density at radius 2 is 1.75 bits per heavy atom. The second-order valence-corrected chi connectivity index (χ2v) is 4.87. The summed E-state index contributed by atoms with van der Waals surface area (Å²) in [6.07, 6.45) is -0.477. The van der Waals surface area contributed by atoms with Crippen LogP contribution in [0.15, 0.2) is 0 Å². The highest BCUT2D eigenvalue weighted by atomic mass is 19.4. The molecule has 1 saturated carbocycles. The van der Waals surface area contributed by atoms with E-state index in [4.69, 9.17) is 5.73 Å². The van der Waals surface area contributed by atoms with Crippen molar-refractivity contribution in [3.05, 3.63) is 0 Å². The lowest BCUT2D eigenvalue weighted by Gasteiger charge is -2.38. The minimum Gasteiger partial charge on any atom is -0.329 e. The Hall–Kier alpha value is -0.290. The lowest BCUT2D eigenvalue weighted by Crippen LogP contribution is -2.53. The van der Waals surface area contributed by atoms with Gasteiger partial charge in [-0.2, -0.15) is 13.2 Å². The van der Waals surface area contributed by atoms with E-state index in [-0.39, 0.29) is 12.6 Å². The highest BCUT2D eigenvalue weighted by Gasteiger charge is 2.43. The third kappa shape index (κ3) is 3.35. The molecule has 16 heavy (non-hydrogen) atoms. The SMILES string of the molecule is CC1CCC(N(C)C(CN)C(F)(F)F)CC1. The maximum Gasteiger partial charge on any atom is 0.405 e. The first kappa shape index (κ1) is 13.8. The molecule has 96 valence electrons. The molecule has 0 bridgehead atoms. The van der Waals surface area contributed by atoms with E-state index in [1.54, 1.807) is 7.05 Å². The van der Waals surface area contributed by atoms with E-state index in [0.29, 0.717) is 5.92 Å². The van der Waals surface area contributed by atoms with Crippen LogP contribution in [0.4, 0.5) is 13.2 Å². The largest absolute Gasteiger partial charge is 0.405 e. The molecule has 0 aromatic heterocycles. The number of halogens is 3. The number of nitrogens with zero attached hydrogens (tertiary/aromatic N) is 1. The first-order valence-electron chi connectivity index (χ1n) is 5.85. The second kappa shape index (κ2) is 5.36. The third-order valence-corrected chi connectivity index (χ3v) is 3.65. The van der Waals surface area contributed by atoms with E-state index in [1.165, 1.54) is 4.90 Å². The van der Waals surface area contributed by atoms with Crippen molar-refractivity contribution in [2.75, 3.05) is 13.6 Å². The average molecular weight is 238 g/mol. The quantitative estimate of drug-likeness (QED) is 0.818. The molecule has 1 aliphatic rings. The Bertz CT molecular complexity index is 210. The van der Waals surface area contributed by atoms with Gasteiger partial charge in [-0.05, 0) is 38.6 Å². The van der Waals surface area contributed by atoms with Gasteiger partial charge in [-0.25, -0.2) is 0 Å². The minimum absolute atomic E-state index is 0.0337. The van der Waals surface area contributed by atoms with Crippen molar-refractivity contribution in [3.8, 4) is 0 Å². The number of hydrogen-bond acceptors (Lipinski definition) is 2. The van der Waals surface area contributed by atoms with E-state index in [1.807, 2.05) is 0 Å². The predicted molar refractivity (Wildman–Crippen MR) is 58.1 cm³/mol. The fourth-order valence-corrected chi connectivity index (χ4v) is 2.44. The van der Waals surface area contributed by atoms with Crippen LogP contribution in [0.25, 0.3) is 0 Å². The summed E-state index contributed by atoms with van der Waals surface area (Å²) in [6, 6.07) is -1.46. The molecule has 2 N–H and O–H groups in total. The molecule has 5 heteroatoms. The van der Waals surface area contributed by atoms with E-state index >= 15 is 0 Å². The first-order valence-corrected chi connectivity index (χ1v) is 5.85. The van der Waals surface area contributed by atoms with Gasteiger partial charge in [0.2, 0.25) is 0 Å². The van der Waals surface area contributed by atoms with Crippen LogP contribution in [-0.4, -0.2) is 36.8 Å². The molecule has 1 fully saturated rings. The van der Waals surface area contributed by atoms with Crippen molar-refractivity contribution >= 4 is 0 Å². The molecule has 0 aromatic carbocycles. The zero-order chi connectivity index (χ0) is 12.3. The molecule has 0 saturated heterocycles. The van der Waals surface area contributed by atoms with Crippen LogP contribution in [0.2, 0.25) is 0 Å². The summed E-state index contributed by atoms with van der Waals surface area (Å²) in [4.78, 5) is 1.42. The molecule has 1 unspecified atom stereocenters. The van der Waals surface area contributed by atoms with E-state index in [2.05, 4.69) is 6.92 Å². The van der Waals surface area contributed by atoms with Gasteiger partial charge in [-0.1, -0.05) is 6.92 Å². The monoisotopic (exact) mass is 238 g/mol. The lowest BCUT2D eigenvalue weighted by atomic mass is 9.86. The van der Waals surface area contributed by atoms with Gasteiger partial charge in [0, 0.05) is 12.6 Å². The lowest BCUT2D eigenvalue weighted by molar-refractivity contribution is -0.184. The molecule has 0 aliphatic heterocycles. The maximum atomic E-state index is 12.7. The Balaban J connectivity index is 2.58. The Morgan fingerprint density at radius 1 is 1.25 bits per heavy atom. The van der Waals surface area contributed by atoms with Crippen LogP contribution in [0, 0.1) is 5.92 Å². The van der Waals surface area contributed by atoms with Gasteiger partial charge < -0.3 is 5.73 Å². The minimum atomic E-state index is -4.22. The molecule has 0 spiro atoms. The highest BCUT2D eigenvalue weighted by molar-refractivity contribution is 4.85. The molecule has 1 aliphatic carbocycles. The van der Waals surface area contributed by atoms with Crippen molar-refractivity contribution in [2.45, 2.75) is 50.9 Å². The summed E-state index contributed by atoms with van der Waals surface area (Å²) in [5.74, 6) is 0.645. The van der Waals surface area contributed by atoms with E-state index in [0.717, 1.165) is 25.7 Å². The number of hydrogen-bond donors (Lipinski definition) is 1. The van der Waals surface area contributed by atoms with Crippen molar-refractivity contribution in [1.82, 2.24) is 4.90 Å². The van der Waals surface area contributed by atoms with Gasteiger partial charge in [0.1, 0.15) is 6.04 Å². The average Bonchev–Trinajstić information content (AvgIpc) is 2.17. The molecular weight excluding hydrogens is 217 g/mol. The number of alkyl halides is 3. The Kier molecular flexibility index (Phi) is 4.62. The van der Waals surface area contributed by atoms with E-state index < -0.39 is 12.2 Å². The first-order chi connectivity index (χ1) is 7.36. The summed E-state index contributed by atoms with van der Waals surface area (Å²) in [5, 5.41) is 0. The maximum absolute atomic E-state index is 12.7. The molecule has 0 radical (unpaired) electrons. The normalized spacial score (nSPS) is 29.4. The molecule has 0 heterocycles. The summed E-state index contributed by atoms with van der Waals surface area (Å²) < 4.78 is 38.0. The summed E-state index contributed by atoms with van der Waals surface area (Å²) in [5.41, 5.74) is 5.23. The van der Waals surface area contributed by atoms with Crippen LogP contribution in [0.3, 0.4) is 0 Å². The predicted octanol–water partition coefficient (Wildman–Crippen LogP) is 2.39. The van der Waals surface area contributed by atoms with Gasteiger partial charge in [0.25, 0.3) is 0 Å². The zero-order valence-corrected chi connectivity index (χ0v) is 9.93. The molecule has 0 amide bonds. The number of likely N-dealkylation sites (N-methyl/N-ethyl adjacent to an activating group) is 1. The summed E-state index contributed by atoms with van der Waals surface area (Å²) in [6.45, 7) is 1.80. The van der Waals surface area contributed by atoms with Crippen LogP contribution >= 0.6 is 0 Å². The molecular formula is C11H21F3N2. The van der Waals surface area contributed by atoms with Gasteiger partial charge in [-0.15, -0.1) is 0 Å². The van der Waals surface area contributed by atoms with Gasteiger partial charge in [-0.3, -0.25) is 4.90 Å². The molecule has 1 atom stereocenters. The van der Waals surface area contributed by atoms with E-state index in [9.17, 15) is 13.2 Å². The van der Waals surface area contributed by atoms with Crippen LogP contribution in [-0.2, 0) is 0 Å². The molecule has 0 aromatic rings. The molecule has 1 rings (SSSR count). The summed E-state index contributed by atoms with van der Waals surface area (Å²) >= 11 is 0. The Morgan fingerprint density at radius 3 is 2.12 bits per heavy atom. The van der Waals surface area contributed by atoms with Crippen molar-refractivity contribution in [3.63, 3.8) is 0 Å². The number of nitrogens with two attached hydrogens (primary N) is 1. The number of rotatable bonds is 3. The fraction of sp³-hybridized carbons (Fsp3) is 1.00. The van der Waals surface area contributed by atoms with Crippen molar-refractivity contribution in [1.29, 1.82) is 0 Å². The summed E-state index contributed by atoms with van der Waals surface area (Å²) in [7, 11) is 1.55. The van der Waals surface area contributed by atoms with Gasteiger partial charge >= 0.3 is 6.18 Å². The Labute approximate surface area is 95.0 Å². The molecule has 2 nitrogen and oxygen atoms in total. The standard InChI is InChI=1S/C11H21F3N2/c1-8-3-5-9(6-4-8)16(2)10(7-15)11(12,13)14/h8-10H,3-7,15H2,1-2H3. The third-order valence-electron chi connectivity index (χ3n) is 3.65. The second-order valence-electron chi connectivity index (χ2n) is 4.87. The fourth-order valence-electron chi connectivity index (χ4n) is 2.44. The van der Waals surface area contributed by atoms with Gasteiger partial charge in [0.15, 0.2) is 0 Å². The van der Waals surface area contributed by atoms with Crippen LogP contribution < -0.4 is 5.73 Å². The van der Waals surface area contributed by atoms with Gasteiger partial charge in [0.05, 0.1) is 0 Å². The zero-order valence-electron chi connectivity index (χ0n) is 9.93. The highest BCUT2D eigenvalue weighted by Crippen LogP contribution is 2.31. The smallest absolute Gasteiger partial charge is 0.329 e.